The molecule has 1 aliphatic rings. The van der Waals surface area contributed by atoms with Gasteiger partial charge in [-0.25, -0.2) is 8.42 Å². The fourth-order valence-corrected chi connectivity index (χ4v) is 2.22. The monoisotopic (exact) mass is 235 g/mol. The first kappa shape index (κ1) is 12.9. The minimum atomic E-state index is -2.81. The quantitative estimate of drug-likeness (QED) is 0.656. The summed E-state index contributed by atoms with van der Waals surface area (Å²) in [5.74, 6) is 0.229. The van der Waals surface area contributed by atoms with E-state index >= 15 is 0 Å². The molecule has 0 aliphatic carbocycles. The molecule has 0 aromatic rings. The first-order chi connectivity index (χ1) is 7.08. The van der Waals surface area contributed by atoms with Gasteiger partial charge in [-0.3, -0.25) is 0 Å². The summed E-state index contributed by atoms with van der Waals surface area (Å²) in [6.07, 6.45) is 6.23. The molecule has 1 N–H and O–H groups in total. The van der Waals surface area contributed by atoms with E-state index in [0.29, 0.717) is 12.6 Å². The van der Waals surface area contributed by atoms with Crippen LogP contribution in [0.3, 0.4) is 0 Å². The number of sulfone groups is 1. The van der Waals surface area contributed by atoms with Crippen molar-refractivity contribution in [1.29, 1.82) is 0 Å². The van der Waals surface area contributed by atoms with Crippen molar-refractivity contribution in [2.45, 2.75) is 31.8 Å². The van der Waals surface area contributed by atoms with Gasteiger partial charge in [0.15, 0.2) is 0 Å². The molecule has 1 saturated heterocycles. The average Bonchev–Trinajstić information content (AvgIpc) is 2.61. The van der Waals surface area contributed by atoms with Crippen molar-refractivity contribution >= 4 is 9.84 Å². The Morgan fingerprint density at radius 3 is 2.80 bits per heavy atom. The fourth-order valence-electron chi connectivity index (χ4n) is 1.71. The first-order valence-corrected chi connectivity index (χ1v) is 7.64. The molecule has 1 aliphatic heterocycles. The van der Waals surface area contributed by atoms with E-state index < -0.39 is 9.84 Å². The summed E-state index contributed by atoms with van der Waals surface area (Å²) in [7, 11) is -2.81. The van der Waals surface area contributed by atoms with Crippen molar-refractivity contribution in [2.24, 2.45) is 0 Å². The fraction of sp³-hybridized carbons (Fsp3) is 1.00. The Kier molecular flexibility index (Phi) is 5.56. The number of nitrogens with one attached hydrogen (secondary N) is 1. The van der Waals surface area contributed by atoms with Crippen LogP contribution in [0.5, 0.6) is 0 Å². The van der Waals surface area contributed by atoms with Crippen LogP contribution >= 0.6 is 0 Å². The maximum absolute atomic E-state index is 10.8. The second-order valence-electron chi connectivity index (χ2n) is 4.16. The molecule has 1 unspecified atom stereocenters. The van der Waals surface area contributed by atoms with Gasteiger partial charge in [-0.1, -0.05) is 0 Å². The summed E-state index contributed by atoms with van der Waals surface area (Å²) in [6.45, 7) is 2.35. The summed E-state index contributed by atoms with van der Waals surface area (Å²) in [5, 5.41) is 3.13. The van der Waals surface area contributed by atoms with Crippen molar-refractivity contribution < 1.29 is 13.2 Å². The van der Waals surface area contributed by atoms with E-state index in [1.54, 1.807) is 0 Å². The molecule has 0 aromatic carbocycles. The van der Waals surface area contributed by atoms with Crippen molar-refractivity contribution in [3.63, 3.8) is 0 Å². The van der Waals surface area contributed by atoms with Gasteiger partial charge < -0.3 is 10.1 Å². The zero-order chi connectivity index (χ0) is 11.1. The van der Waals surface area contributed by atoms with E-state index in [-0.39, 0.29) is 5.75 Å². The van der Waals surface area contributed by atoms with Crippen LogP contribution in [0.4, 0.5) is 0 Å². The lowest BCUT2D eigenvalue weighted by Gasteiger charge is -2.09. The smallest absolute Gasteiger partial charge is 0.148 e. The molecule has 1 heterocycles. The van der Waals surface area contributed by atoms with Crippen molar-refractivity contribution in [3.05, 3.63) is 0 Å². The molecule has 0 spiro atoms. The Labute approximate surface area is 92.3 Å². The molecule has 0 radical (unpaired) electrons. The standard InChI is InChI=1S/C10H21NO3S/c1-15(12,13)9-7-11-6-2-4-10-5-3-8-14-10/h10-11H,2-9H2,1H3. The SMILES string of the molecule is CS(=O)(=O)CCNCCCC1CCCO1. The number of hydrogen-bond donors (Lipinski definition) is 1. The maximum Gasteiger partial charge on any atom is 0.148 e. The Morgan fingerprint density at radius 1 is 1.40 bits per heavy atom. The lowest BCUT2D eigenvalue weighted by Crippen LogP contribution is -2.24. The van der Waals surface area contributed by atoms with Gasteiger partial charge in [0.05, 0.1) is 11.9 Å². The summed E-state index contributed by atoms with van der Waals surface area (Å²) in [4.78, 5) is 0. The topological polar surface area (TPSA) is 55.4 Å². The second-order valence-corrected chi connectivity index (χ2v) is 6.42. The number of rotatable bonds is 7. The number of hydrogen-bond acceptors (Lipinski definition) is 4. The average molecular weight is 235 g/mol. The zero-order valence-electron chi connectivity index (χ0n) is 9.37. The Balaban J connectivity index is 1.89. The normalized spacial score (nSPS) is 22.1. The van der Waals surface area contributed by atoms with Gasteiger partial charge >= 0.3 is 0 Å². The molecule has 90 valence electrons. The molecule has 5 heteroatoms. The van der Waals surface area contributed by atoms with Crippen LogP contribution in [0.2, 0.25) is 0 Å². The van der Waals surface area contributed by atoms with Crippen molar-refractivity contribution in [2.75, 3.05) is 31.7 Å². The van der Waals surface area contributed by atoms with Crippen LogP contribution in [0.15, 0.2) is 0 Å². The minimum absolute atomic E-state index is 0.229. The number of ether oxygens (including phenoxy) is 1. The molecule has 0 bridgehead atoms. The Bertz CT molecular complexity index is 258. The highest BCUT2D eigenvalue weighted by Crippen LogP contribution is 2.16. The summed E-state index contributed by atoms with van der Waals surface area (Å²) in [5.41, 5.74) is 0. The molecule has 1 fully saturated rings. The maximum atomic E-state index is 10.8. The predicted octanol–water partition coefficient (Wildman–Crippen LogP) is 0.580. The summed E-state index contributed by atoms with van der Waals surface area (Å²) < 4.78 is 27.1. The summed E-state index contributed by atoms with van der Waals surface area (Å²) >= 11 is 0. The van der Waals surface area contributed by atoms with Crippen molar-refractivity contribution in [1.82, 2.24) is 5.32 Å². The van der Waals surface area contributed by atoms with Gasteiger partial charge in [-0.15, -0.1) is 0 Å². The lowest BCUT2D eigenvalue weighted by molar-refractivity contribution is 0.102. The van der Waals surface area contributed by atoms with E-state index in [1.807, 2.05) is 0 Å². The highest BCUT2D eigenvalue weighted by molar-refractivity contribution is 7.90. The van der Waals surface area contributed by atoms with Gasteiger partial charge in [-0.2, -0.15) is 0 Å². The van der Waals surface area contributed by atoms with Crippen LogP contribution in [-0.4, -0.2) is 46.2 Å². The minimum Gasteiger partial charge on any atom is -0.378 e. The molecule has 0 saturated carbocycles. The molecule has 0 aromatic heterocycles. The van der Waals surface area contributed by atoms with Gasteiger partial charge in [0, 0.05) is 19.4 Å². The molecule has 4 nitrogen and oxygen atoms in total. The second kappa shape index (κ2) is 6.45. The van der Waals surface area contributed by atoms with E-state index in [0.717, 1.165) is 26.0 Å². The zero-order valence-corrected chi connectivity index (χ0v) is 10.2. The molecule has 0 amide bonds. The third-order valence-electron chi connectivity index (χ3n) is 2.55. The van der Waals surface area contributed by atoms with Crippen LogP contribution in [0, 0.1) is 0 Å². The Hall–Kier alpha value is -0.130. The third kappa shape index (κ3) is 6.87. The molecular weight excluding hydrogens is 214 g/mol. The Morgan fingerprint density at radius 2 is 2.20 bits per heavy atom. The van der Waals surface area contributed by atoms with Gasteiger partial charge in [0.25, 0.3) is 0 Å². The third-order valence-corrected chi connectivity index (χ3v) is 3.50. The van der Waals surface area contributed by atoms with Crippen LogP contribution in [-0.2, 0) is 14.6 Å². The first-order valence-electron chi connectivity index (χ1n) is 5.58. The van der Waals surface area contributed by atoms with Crippen LogP contribution in [0.1, 0.15) is 25.7 Å². The van der Waals surface area contributed by atoms with E-state index in [1.165, 1.54) is 19.1 Å². The van der Waals surface area contributed by atoms with Crippen LogP contribution in [0.25, 0.3) is 0 Å². The molecular formula is C10H21NO3S. The van der Waals surface area contributed by atoms with Crippen LogP contribution < -0.4 is 5.32 Å². The van der Waals surface area contributed by atoms with Crippen molar-refractivity contribution in [3.8, 4) is 0 Å². The van der Waals surface area contributed by atoms with Gasteiger partial charge in [-0.05, 0) is 32.2 Å². The predicted molar refractivity (Wildman–Crippen MR) is 60.8 cm³/mol. The van der Waals surface area contributed by atoms with Gasteiger partial charge in [0.2, 0.25) is 0 Å². The molecule has 1 atom stereocenters. The van der Waals surface area contributed by atoms with E-state index in [2.05, 4.69) is 5.32 Å². The van der Waals surface area contributed by atoms with Gasteiger partial charge in [0.1, 0.15) is 9.84 Å². The largest absolute Gasteiger partial charge is 0.378 e. The van der Waals surface area contributed by atoms with E-state index in [9.17, 15) is 8.42 Å². The lowest BCUT2D eigenvalue weighted by atomic mass is 10.1. The molecule has 15 heavy (non-hydrogen) atoms. The highest BCUT2D eigenvalue weighted by atomic mass is 32.2. The summed E-state index contributed by atoms with van der Waals surface area (Å²) in [6, 6.07) is 0. The molecule has 1 rings (SSSR count). The highest BCUT2D eigenvalue weighted by Gasteiger charge is 2.14. The van der Waals surface area contributed by atoms with E-state index in [4.69, 9.17) is 4.74 Å².